The highest BCUT2D eigenvalue weighted by Crippen LogP contribution is 2.21. The van der Waals surface area contributed by atoms with Gasteiger partial charge in [0.15, 0.2) is 0 Å². The molecule has 3 rings (SSSR count). The second-order valence-electron chi connectivity index (χ2n) is 7.07. The minimum Gasteiger partial charge on any atom is -0.325 e. The van der Waals surface area contributed by atoms with Crippen molar-refractivity contribution in [1.82, 2.24) is 4.90 Å². The first-order valence-corrected chi connectivity index (χ1v) is 10.0. The Balaban J connectivity index is 1.54. The van der Waals surface area contributed by atoms with Crippen LogP contribution in [0.2, 0.25) is 5.02 Å². The molecular weight excluding hydrogens is 398 g/mol. The van der Waals surface area contributed by atoms with Crippen LogP contribution in [-0.2, 0) is 16.0 Å². The van der Waals surface area contributed by atoms with Crippen LogP contribution in [0.1, 0.15) is 11.1 Å². The summed E-state index contributed by atoms with van der Waals surface area (Å²) in [5.74, 6) is -0.411. The molecule has 0 saturated carbocycles. The van der Waals surface area contributed by atoms with Gasteiger partial charge in [0.1, 0.15) is 0 Å². The van der Waals surface area contributed by atoms with Crippen molar-refractivity contribution in [3.63, 3.8) is 0 Å². The fraction of sp³-hybridized carbons (Fsp3) is 0.167. The lowest BCUT2D eigenvalue weighted by molar-refractivity contribution is -0.119. The van der Waals surface area contributed by atoms with Crippen LogP contribution in [0.3, 0.4) is 0 Å². The zero-order chi connectivity index (χ0) is 21.3. The molecule has 0 heterocycles. The van der Waals surface area contributed by atoms with Gasteiger partial charge in [0.25, 0.3) is 0 Å². The lowest BCUT2D eigenvalue weighted by Crippen LogP contribution is -2.36. The molecular formula is C24H24ClN3O2. The lowest BCUT2D eigenvalue weighted by Gasteiger charge is -2.17. The number of likely N-dealkylation sites (N-methyl/N-ethyl adjacent to an activating group) is 1. The van der Waals surface area contributed by atoms with Crippen LogP contribution in [0.25, 0.3) is 0 Å². The second-order valence-corrected chi connectivity index (χ2v) is 7.48. The molecule has 0 bridgehead atoms. The van der Waals surface area contributed by atoms with Crippen LogP contribution in [0.4, 0.5) is 11.4 Å². The molecule has 5 nitrogen and oxygen atoms in total. The van der Waals surface area contributed by atoms with Crippen molar-refractivity contribution in [1.29, 1.82) is 0 Å². The summed E-state index contributed by atoms with van der Waals surface area (Å²) in [4.78, 5) is 26.4. The van der Waals surface area contributed by atoms with E-state index in [9.17, 15) is 9.59 Å². The monoisotopic (exact) mass is 421 g/mol. The van der Waals surface area contributed by atoms with E-state index in [-0.39, 0.29) is 24.9 Å². The van der Waals surface area contributed by atoms with Gasteiger partial charge >= 0.3 is 0 Å². The molecule has 0 saturated heterocycles. The number of anilines is 2. The van der Waals surface area contributed by atoms with E-state index in [1.165, 1.54) is 5.56 Å². The Morgan fingerprint density at radius 3 is 1.97 bits per heavy atom. The van der Waals surface area contributed by atoms with Gasteiger partial charge in [0, 0.05) is 5.69 Å². The van der Waals surface area contributed by atoms with Gasteiger partial charge in [-0.1, -0.05) is 72.3 Å². The third-order valence-corrected chi connectivity index (χ3v) is 4.83. The van der Waals surface area contributed by atoms with Crippen LogP contribution < -0.4 is 10.6 Å². The lowest BCUT2D eigenvalue weighted by atomic mass is 10.0. The second kappa shape index (κ2) is 10.6. The molecule has 3 aromatic rings. The Morgan fingerprint density at radius 2 is 1.30 bits per heavy atom. The highest BCUT2D eigenvalue weighted by atomic mass is 35.5. The van der Waals surface area contributed by atoms with Gasteiger partial charge in [0.2, 0.25) is 11.8 Å². The Labute approximate surface area is 181 Å². The van der Waals surface area contributed by atoms with Gasteiger partial charge in [-0.05, 0) is 42.8 Å². The van der Waals surface area contributed by atoms with E-state index < -0.39 is 0 Å². The van der Waals surface area contributed by atoms with E-state index in [0.29, 0.717) is 10.7 Å². The average Bonchev–Trinajstić information content (AvgIpc) is 2.72. The maximum Gasteiger partial charge on any atom is 0.238 e. The SMILES string of the molecule is CN(CC(=O)Nc1ccccc1Cl)CC(=O)Nc1ccccc1Cc1ccccc1. The van der Waals surface area contributed by atoms with E-state index >= 15 is 0 Å². The van der Waals surface area contributed by atoms with Gasteiger partial charge in [0.05, 0.1) is 23.8 Å². The van der Waals surface area contributed by atoms with Gasteiger partial charge in [-0.25, -0.2) is 0 Å². The molecule has 30 heavy (non-hydrogen) atoms. The number of nitrogens with one attached hydrogen (secondary N) is 2. The van der Waals surface area contributed by atoms with Crippen molar-refractivity contribution in [2.75, 3.05) is 30.8 Å². The van der Waals surface area contributed by atoms with Crippen molar-refractivity contribution < 1.29 is 9.59 Å². The molecule has 0 atom stereocenters. The maximum absolute atomic E-state index is 12.5. The van der Waals surface area contributed by atoms with Crippen LogP contribution >= 0.6 is 11.6 Å². The van der Waals surface area contributed by atoms with Gasteiger partial charge < -0.3 is 10.6 Å². The zero-order valence-electron chi connectivity index (χ0n) is 16.8. The molecule has 0 fully saturated rings. The number of hydrogen-bond donors (Lipinski definition) is 2. The molecule has 0 unspecified atom stereocenters. The first-order chi connectivity index (χ1) is 14.5. The number of carbonyl (C=O) groups is 2. The Morgan fingerprint density at radius 1 is 0.767 bits per heavy atom. The summed E-state index contributed by atoms with van der Waals surface area (Å²) in [5.41, 5.74) is 3.54. The van der Waals surface area contributed by atoms with Crippen LogP contribution in [0, 0.1) is 0 Å². The predicted molar refractivity (Wildman–Crippen MR) is 122 cm³/mol. The summed E-state index contributed by atoms with van der Waals surface area (Å²) in [6.07, 6.45) is 0.730. The molecule has 0 spiro atoms. The summed E-state index contributed by atoms with van der Waals surface area (Å²) >= 11 is 6.06. The molecule has 0 aliphatic rings. The minimum absolute atomic E-state index is 0.0737. The van der Waals surface area contributed by atoms with E-state index in [0.717, 1.165) is 17.7 Å². The fourth-order valence-electron chi connectivity index (χ4n) is 3.10. The third kappa shape index (κ3) is 6.44. The summed E-state index contributed by atoms with van der Waals surface area (Å²) in [6.45, 7) is 0.167. The van der Waals surface area contributed by atoms with E-state index in [4.69, 9.17) is 11.6 Å². The van der Waals surface area contributed by atoms with Crippen molar-refractivity contribution in [3.8, 4) is 0 Å². The molecule has 2 N–H and O–H groups in total. The zero-order valence-corrected chi connectivity index (χ0v) is 17.5. The number of carbonyl (C=O) groups excluding carboxylic acids is 2. The first-order valence-electron chi connectivity index (χ1n) is 9.66. The molecule has 154 valence electrons. The number of hydrogen-bond acceptors (Lipinski definition) is 3. The molecule has 6 heteroatoms. The number of benzene rings is 3. The van der Waals surface area contributed by atoms with E-state index in [2.05, 4.69) is 22.8 Å². The summed E-state index contributed by atoms with van der Waals surface area (Å²) in [7, 11) is 1.72. The summed E-state index contributed by atoms with van der Waals surface area (Å²) in [5, 5.41) is 6.19. The molecule has 0 aliphatic heterocycles. The molecule has 0 aromatic heterocycles. The van der Waals surface area contributed by atoms with E-state index in [1.807, 2.05) is 42.5 Å². The number of halogens is 1. The predicted octanol–water partition coefficient (Wildman–Crippen LogP) is 4.44. The highest BCUT2D eigenvalue weighted by molar-refractivity contribution is 6.33. The van der Waals surface area contributed by atoms with Crippen LogP contribution in [0.15, 0.2) is 78.9 Å². The smallest absolute Gasteiger partial charge is 0.238 e. The number of amides is 2. The maximum atomic E-state index is 12.5. The molecule has 3 aromatic carbocycles. The fourth-order valence-corrected chi connectivity index (χ4v) is 3.28. The summed E-state index contributed by atoms with van der Waals surface area (Å²) < 4.78 is 0. The first kappa shape index (κ1) is 21.6. The van der Waals surface area contributed by atoms with Crippen molar-refractivity contribution in [2.24, 2.45) is 0 Å². The molecule has 0 aliphatic carbocycles. The number of para-hydroxylation sites is 2. The van der Waals surface area contributed by atoms with Crippen molar-refractivity contribution >= 4 is 34.8 Å². The standard InChI is InChI=1S/C24H24ClN3O2/c1-28(17-24(30)27-22-14-8-6-12-20(22)25)16-23(29)26-21-13-7-5-11-19(21)15-18-9-3-2-4-10-18/h2-14H,15-17H2,1H3,(H,26,29)(H,27,30). The average molecular weight is 422 g/mol. The topological polar surface area (TPSA) is 61.4 Å². The van der Waals surface area contributed by atoms with Crippen LogP contribution in [0.5, 0.6) is 0 Å². The largest absolute Gasteiger partial charge is 0.325 e. The normalized spacial score (nSPS) is 10.6. The van der Waals surface area contributed by atoms with E-state index in [1.54, 1.807) is 36.2 Å². The van der Waals surface area contributed by atoms with Gasteiger partial charge in [-0.15, -0.1) is 0 Å². The third-order valence-electron chi connectivity index (χ3n) is 4.50. The minimum atomic E-state index is -0.233. The quantitative estimate of drug-likeness (QED) is 0.565. The number of nitrogens with zero attached hydrogens (tertiary/aromatic N) is 1. The van der Waals surface area contributed by atoms with Gasteiger partial charge in [-0.2, -0.15) is 0 Å². The van der Waals surface area contributed by atoms with Crippen molar-refractivity contribution in [2.45, 2.75) is 6.42 Å². The molecule has 2 amide bonds. The van der Waals surface area contributed by atoms with Crippen molar-refractivity contribution in [3.05, 3.63) is 95.0 Å². The Kier molecular flexibility index (Phi) is 7.60. The Bertz CT molecular complexity index is 1010. The number of rotatable bonds is 8. The summed E-state index contributed by atoms with van der Waals surface area (Å²) in [6, 6.07) is 24.9. The molecule has 0 radical (unpaired) electrons. The van der Waals surface area contributed by atoms with Crippen LogP contribution in [-0.4, -0.2) is 36.9 Å². The van der Waals surface area contributed by atoms with Gasteiger partial charge in [-0.3, -0.25) is 14.5 Å². The Hall–Kier alpha value is -3.15. The highest BCUT2D eigenvalue weighted by Gasteiger charge is 2.13.